The van der Waals surface area contributed by atoms with Crippen molar-refractivity contribution in [1.82, 2.24) is 10.6 Å². The highest BCUT2D eigenvalue weighted by atomic mass is 16.3. The molecule has 2 aliphatic rings. The smallest absolute Gasteiger partial charge is 0.251 e. The first-order valence-electron chi connectivity index (χ1n) is 13.6. The van der Waals surface area contributed by atoms with Gasteiger partial charge in [-0.3, -0.25) is 9.59 Å². The van der Waals surface area contributed by atoms with Crippen molar-refractivity contribution in [3.63, 3.8) is 0 Å². The van der Waals surface area contributed by atoms with Crippen molar-refractivity contribution in [2.75, 3.05) is 36.4 Å². The molecule has 0 bridgehead atoms. The lowest BCUT2D eigenvalue weighted by atomic mass is 9.94. The zero-order valence-corrected chi connectivity index (χ0v) is 21.8. The van der Waals surface area contributed by atoms with E-state index in [1.807, 2.05) is 49.4 Å². The molecule has 0 saturated carbocycles. The van der Waals surface area contributed by atoms with Crippen molar-refractivity contribution in [2.45, 2.75) is 57.6 Å². The third kappa shape index (κ3) is 7.66. The third-order valence-corrected chi connectivity index (χ3v) is 7.19. The summed E-state index contributed by atoms with van der Waals surface area (Å²) in [6.45, 7) is 4.62. The van der Waals surface area contributed by atoms with Crippen LogP contribution in [0, 0.1) is 5.92 Å². The van der Waals surface area contributed by atoms with Crippen LogP contribution in [0.1, 0.15) is 54.9 Å². The molecule has 1 aliphatic carbocycles. The average molecular weight is 505 g/mol. The van der Waals surface area contributed by atoms with Gasteiger partial charge in [-0.2, -0.15) is 0 Å². The Morgan fingerprint density at radius 1 is 1.16 bits per heavy atom. The Morgan fingerprint density at radius 3 is 2.70 bits per heavy atom. The van der Waals surface area contributed by atoms with Gasteiger partial charge in [0, 0.05) is 43.0 Å². The van der Waals surface area contributed by atoms with E-state index in [-0.39, 0.29) is 11.8 Å². The lowest BCUT2D eigenvalue weighted by molar-refractivity contribution is -0.117. The Balaban J connectivity index is 1.48. The van der Waals surface area contributed by atoms with Gasteiger partial charge in [-0.1, -0.05) is 42.5 Å². The number of benzene rings is 2. The number of amides is 2. The van der Waals surface area contributed by atoms with E-state index in [9.17, 15) is 14.7 Å². The highest BCUT2D eigenvalue weighted by molar-refractivity contribution is 6.00. The first kappa shape index (κ1) is 26.9. The molecule has 1 aliphatic heterocycles. The van der Waals surface area contributed by atoms with E-state index >= 15 is 0 Å². The van der Waals surface area contributed by atoms with Gasteiger partial charge in [0.05, 0.1) is 12.1 Å². The molecule has 2 aromatic carbocycles. The van der Waals surface area contributed by atoms with Gasteiger partial charge in [-0.25, -0.2) is 0 Å². The second kappa shape index (κ2) is 13.4. The largest absolute Gasteiger partial charge is 0.390 e. The van der Waals surface area contributed by atoms with E-state index in [0.29, 0.717) is 44.0 Å². The molecular formula is C30H40N4O3. The summed E-state index contributed by atoms with van der Waals surface area (Å²) in [6.07, 6.45) is 8.92. The number of anilines is 2. The minimum Gasteiger partial charge on any atom is -0.390 e. The van der Waals surface area contributed by atoms with Gasteiger partial charge >= 0.3 is 0 Å². The molecule has 37 heavy (non-hydrogen) atoms. The molecule has 4 N–H and O–H groups in total. The first-order chi connectivity index (χ1) is 18.0. The molecule has 1 fully saturated rings. The zero-order chi connectivity index (χ0) is 26.0. The van der Waals surface area contributed by atoms with Crippen LogP contribution < -0.4 is 20.9 Å². The molecule has 0 spiro atoms. The van der Waals surface area contributed by atoms with E-state index in [1.54, 1.807) is 11.0 Å². The number of rotatable bonds is 12. The average Bonchev–Trinajstić information content (AvgIpc) is 3.35. The van der Waals surface area contributed by atoms with Crippen LogP contribution in [0.25, 0.3) is 0 Å². The second-order valence-corrected chi connectivity index (χ2v) is 10.1. The summed E-state index contributed by atoms with van der Waals surface area (Å²) in [5, 5.41) is 20.9. The number of nitrogens with one attached hydrogen (secondary N) is 3. The monoisotopic (exact) mass is 504 g/mol. The van der Waals surface area contributed by atoms with Crippen molar-refractivity contribution in [2.24, 2.45) is 5.92 Å². The fourth-order valence-corrected chi connectivity index (χ4v) is 5.15. The Morgan fingerprint density at radius 2 is 2.00 bits per heavy atom. The number of hydrogen-bond acceptors (Lipinski definition) is 5. The molecule has 3 unspecified atom stereocenters. The lowest BCUT2D eigenvalue weighted by Crippen LogP contribution is -2.49. The van der Waals surface area contributed by atoms with Gasteiger partial charge in [0.1, 0.15) is 0 Å². The van der Waals surface area contributed by atoms with Crippen LogP contribution in [0.2, 0.25) is 0 Å². The Labute approximate surface area is 220 Å². The van der Waals surface area contributed by atoms with Gasteiger partial charge in [0.15, 0.2) is 0 Å². The van der Waals surface area contributed by atoms with Crippen molar-refractivity contribution in [3.8, 4) is 0 Å². The van der Waals surface area contributed by atoms with Crippen LogP contribution in [0.4, 0.5) is 11.4 Å². The van der Waals surface area contributed by atoms with Crippen LogP contribution in [0.15, 0.2) is 60.7 Å². The first-order valence-corrected chi connectivity index (χ1v) is 13.6. The van der Waals surface area contributed by atoms with Crippen LogP contribution >= 0.6 is 0 Å². The van der Waals surface area contributed by atoms with Gasteiger partial charge < -0.3 is 26.0 Å². The molecule has 0 aromatic heterocycles. The summed E-state index contributed by atoms with van der Waals surface area (Å²) < 4.78 is 0. The number of nitrogens with zero attached hydrogens (tertiary/aromatic N) is 1. The summed E-state index contributed by atoms with van der Waals surface area (Å²) in [7, 11) is 0. The predicted molar refractivity (Wildman–Crippen MR) is 149 cm³/mol. The zero-order valence-electron chi connectivity index (χ0n) is 21.8. The number of aliphatic hydroxyl groups excluding tert-OH is 1. The molecule has 2 amide bonds. The molecule has 2 aromatic rings. The lowest BCUT2D eigenvalue weighted by Gasteiger charge is -2.26. The summed E-state index contributed by atoms with van der Waals surface area (Å²) in [6, 6.07) is 15.0. The van der Waals surface area contributed by atoms with Gasteiger partial charge in [0.2, 0.25) is 5.91 Å². The Bertz CT molecular complexity index is 1070. The quantitative estimate of drug-likeness (QED) is 0.329. The Hall–Kier alpha value is -3.16. The fraction of sp³-hybridized carbons (Fsp3) is 0.467. The van der Waals surface area contributed by atoms with Crippen LogP contribution in [-0.2, 0) is 11.2 Å². The minimum atomic E-state index is -0.750. The van der Waals surface area contributed by atoms with Crippen molar-refractivity contribution in [1.29, 1.82) is 0 Å². The van der Waals surface area contributed by atoms with Gasteiger partial charge in [-0.15, -0.1) is 0 Å². The number of carbonyl (C=O) groups is 2. The molecule has 198 valence electrons. The molecule has 1 heterocycles. The molecule has 0 radical (unpaired) electrons. The minimum absolute atomic E-state index is 0.0805. The van der Waals surface area contributed by atoms with Crippen molar-refractivity contribution < 1.29 is 14.7 Å². The standard InChI is InChI=1S/C30H40N4O3/c1-2-32-25-17-24(18-26(19-25)34-15-9-14-29(34)36)30(37)33-27(16-22-10-5-3-6-11-22)28(35)21-31-20-23-12-7-4-8-13-23/h3-7,10-11,17-19,23,27-28,31-32,35H,2,8-9,12-16,20-21H2,1H3,(H,33,37). The molecule has 4 rings (SSSR count). The van der Waals surface area contributed by atoms with Crippen LogP contribution in [-0.4, -0.2) is 55.2 Å². The topological polar surface area (TPSA) is 93.7 Å². The van der Waals surface area contributed by atoms with Crippen LogP contribution in [0.5, 0.6) is 0 Å². The molecule has 7 heteroatoms. The summed E-state index contributed by atoms with van der Waals surface area (Å²) in [5.74, 6) is 0.404. The van der Waals surface area contributed by atoms with Gasteiger partial charge in [0.25, 0.3) is 5.91 Å². The molecule has 7 nitrogen and oxygen atoms in total. The van der Waals surface area contributed by atoms with E-state index < -0.39 is 12.1 Å². The number of hydrogen-bond donors (Lipinski definition) is 4. The van der Waals surface area contributed by atoms with E-state index in [2.05, 4.69) is 28.1 Å². The molecule has 1 saturated heterocycles. The van der Waals surface area contributed by atoms with E-state index in [4.69, 9.17) is 0 Å². The number of allylic oxidation sites excluding steroid dienone is 2. The maximum Gasteiger partial charge on any atom is 0.251 e. The summed E-state index contributed by atoms with van der Waals surface area (Å²) in [4.78, 5) is 27.6. The highest BCUT2D eigenvalue weighted by Gasteiger charge is 2.26. The third-order valence-electron chi connectivity index (χ3n) is 7.19. The summed E-state index contributed by atoms with van der Waals surface area (Å²) in [5.41, 5.74) is 3.05. The van der Waals surface area contributed by atoms with E-state index in [1.165, 1.54) is 0 Å². The summed E-state index contributed by atoms with van der Waals surface area (Å²) >= 11 is 0. The predicted octanol–water partition coefficient (Wildman–Crippen LogP) is 3.89. The normalized spacial score (nSPS) is 19.0. The van der Waals surface area contributed by atoms with Gasteiger partial charge in [-0.05, 0) is 75.3 Å². The van der Waals surface area contributed by atoms with Crippen molar-refractivity contribution >= 4 is 23.2 Å². The maximum atomic E-state index is 13.5. The fourth-order valence-electron chi connectivity index (χ4n) is 5.15. The number of aliphatic hydroxyl groups is 1. The van der Waals surface area contributed by atoms with Crippen molar-refractivity contribution in [3.05, 3.63) is 71.8 Å². The highest BCUT2D eigenvalue weighted by Crippen LogP contribution is 2.27. The number of carbonyl (C=O) groups excluding carboxylic acids is 2. The van der Waals surface area contributed by atoms with E-state index in [0.717, 1.165) is 49.2 Å². The maximum absolute atomic E-state index is 13.5. The van der Waals surface area contributed by atoms with Crippen LogP contribution in [0.3, 0.4) is 0 Å². The Kier molecular flexibility index (Phi) is 9.74. The SMILES string of the molecule is CCNc1cc(C(=O)NC(Cc2ccccc2)C(O)CNCC2CC=CCC2)cc(N2CCCC2=O)c1. The molecule has 3 atom stereocenters. The second-order valence-electron chi connectivity index (χ2n) is 10.1. The molecular weight excluding hydrogens is 464 g/mol.